The maximum absolute atomic E-state index is 12.2. The molecule has 1 atom stereocenters. The van der Waals surface area contributed by atoms with Crippen molar-refractivity contribution < 1.29 is 14.4 Å². The molecule has 0 radical (unpaired) electrons. The number of rotatable bonds is 4. The minimum absolute atomic E-state index is 0.0247. The summed E-state index contributed by atoms with van der Waals surface area (Å²) in [6.07, 6.45) is 2.42. The summed E-state index contributed by atoms with van der Waals surface area (Å²) in [7, 11) is 1.57. The number of carbonyl (C=O) groups is 1. The second-order valence-corrected chi connectivity index (χ2v) is 5.33. The first-order chi connectivity index (χ1) is 9.11. The molecule has 4 nitrogen and oxygen atoms in total. The number of hydrogen-bond donors (Lipinski definition) is 2. The lowest BCUT2D eigenvalue weighted by atomic mass is 10.2. The third kappa shape index (κ3) is 3.39. The Morgan fingerprint density at radius 1 is 1.42 bits per heavy atom. The molecule has 1 heterocycles. The van der Waals surface area contributed by atoms with Gasteiger partial charge in [-0.1, -0.05) is 11.6 Å². The fraction of sp³-hybridized carbons (Fsp3) is 0.500. The van der Waals surface area contributed by atoms with Crippen molar-refractivity contribution in [2.75, 3.05) is 25.5 Å². The molecule has 0 unspecified atom stereocenters. The molecule has 5 heteroatoms. The van der Waals surface area contributed by atoms with Gasteiger partial charge in [0.05, 0.1) is 25.2 Å². The number of nitrogens with one attached hydrogen (secondary N) is 2. The van der Waals surface area contributed by atoms with Gasteiger partial charge in [-0.15, -0.1) is 0 Å². The summed E-state index contributed by atoms with van der Waals surface area (Å²) in [5, 5.41) is 3.41. The van der Waals surface area contributed by atoms with Gasteiger partial charge in [0.25, 0.3) is 5.91 Å². The number of methoxy groups -OCH3 is 1. The van der Waals surface area contributed by atoms with Crippen LogP contribution in [0, 0.1) is 0 Å². The van der Waals surface area contributed by atoms with Gasteiger partial charge in [0.15, 0.2) is 6.04 Å². The summed E-state index contributed by atoms with van der Waals surface area (Å²) in [4.78, 5) is 13.5. The van der Waals surface area contributed by atoms with Gasteiger partial charge in [0.1, 0.15) is 5.75 Å². The van der Waals surface area contributed by atoms with Crippen LogP contribution in [0.5, 0.6) is 5.75 Å². The summed E-state index contributed by atoms with van der Waals surface area (Å²) < 4.78 is 5.08. The predicted molar refractivity (Wildman–Crippen MR) is 76.0 cm³/mol. The van der Waals surface area contributed by atoms with Crippen molar-refractivity contribution in [2.24, 2.45) is 0 Å². The molecule has 104 valence electrons. The Labute approximate surface area is 118 Å². The van der Waals surface area contributed by atoms with Crippen molar-refractivity contribution in [3.8, 4) is 5.75 Å². The van der Waals surface area contributed by atoms with Crippen LogP contribution in [-0.4, -0.2) is 32.1 Å². The molecule has 0 saturated carbocycles. The first-order valence-electron chi connectivity index (χ1n) is 6.61. The monoisotopic (exact) mass is 283 g/mol. The highest BCUT2D eigenvalue weighted by molar-refractivity contribution is 6.32. The van der Waals surface area contributed by atoms with Crippen molar-refractivity contribution in [1.29, 1.82) is 0 Å². The van der Waals surface area contributed by atoms with E-state index in [2.05, 4.69) is 5.32 Å². The largest absolute Gasteiger partial charge is 0.495 e. The zero-order valence-electron chi connectivity index (χ0n) is 11.3. The lowest BCUT2D eigenvalue weighted by molar-refractivity contribution is -0.901. The van der Waals surface area contributed by atoms with E-state index in [4.69, 9.17) is 16.3 Å². The second kappa shape index (κ2) is 6.26. The molecule has 1 fully saturated rings. The first-order valence-corrected chi connectivity index (χ1v) is 6.98. The highest BCUT2D eigenvalue weighted by Gasteiger charge is 2.27. The lowest BCUT2D eigenvalue weighted by Crippen LogP contribution is -3.14. The molecule has 2 rings (SSSR count). The number of halogens is 1. The van der Waals surface area contributed by atoms with E-state index in [-0.39, 0.29) is 11.9 Å². The van der Waals surface area contributed by atoms with Gasteiger partial charge in [0, 0.05) is 18.5 Å². The van der Waals surface area contributed by atoms with E-state index < -0.39 is 0 Å². The number of ether oxygens (including phenoxy) is 1. The van der Waals surface area contributed by atoms with E-state index in [0.717, 1.165) is 13.1 Å². The normalized spacial score (nSPS) is 17.2. The molecule has 1 amide bonds. The van der Waals surface area contributed by atoms with Gasteiger partial charge in [-0.05, 0) is 25.1 Å². The summed E-state index contributed by atoms with van der Waals surface area (Å²) in [6.45, 7) is 4.14. The van der Waals surface area contributed by atoms with E-state index in [0.29, 0.717) is 16.5 Å². The van der Waals surface area contributed by atoms with Gasteiger partial charge in [-0.3, -0.25) is 4.79 Å². The molecule has 1 aromatic carbocycles. The maximum atomic E-state index is 12.2. The van der Waals surface area contributed by atoms with Crippen LogP contribution in [0.25, 0.3) is 0 Å². The molecule has 0 bridgehead atoms. The Bertz CT molecular complexity index is 459. The van der Waals surface area contributed by atoms with Crippen LogP contribution >= 0.6 is 11.6 Å². The molecular weight excluding hydrogens is 264 g/mol. The van der Waals surface area contributed by atoms with Gasteiger partial charge < -0.3 is 15.0 Å². The fourth-order valence-electron chi connectivity index (χ4n) is 2.44. The topological polar surface area (TPSA) is 42.8 Å². The number of anilines is 1. The van der Waals surface area contributed by atoms with E-state index >= 15 is 0 Å². The second-order valence-electron chi connectivity index (χ2n) is 4.93. The van der Waals surface area contributed by atoms with Crippen LogP contribution in [0.3, 0.4) is 0 Å². The van der Waals surface area contributed by atoms with Crippen molar-refractivity contribution in [3.05, 3.63) is 23.2 Å². The Balaban J connectivity index is 2.00. The van der Waals surface area contributed by atoms with Crippen molar-refractivity contribution >= 4 is 23.2 Å². The molecule has 0 spiro atoms. The third-order valence-corrected chi connectivity index (χ3v) is 3.97. The number of hydrogen-bond acceptors (Lipinski definition) is 2. The summed E-state index contributed by atoms with van der Waals surface area (Å²) in [5.41, 5.74) is 0.709. The number of likely N-dealkylation sites (tertiary alicyclic amines) is 1. The quantitative estimate of drug-likeness (QED) is 0.876. The summed E-state index contributed by atoms with van der Waals surface area (Å²) >= 11 is 6.04. The molecule has 0 aromatic heterocycles. The van der Waals surface area contributed by atoms with Gasteiger partial charge >= 0.3 is 0 Å². The summed E-state index contributed by atoms with van der Waals surface area (Å²) in [6, 6.07) is 5.24. The zero-order chi connectivity index (χ0) is 13.8. The van der Waals surface area contributed by atoms with E-state index in [1.807, 2.05) is 6.92 Å². The molecule has 0 aliphatic carbocycles. The lowest BCUT2D eigenvalue weighted by Gasteiger charge is -2.20. The first kappa shape index (κ1) is 14.2. The average Bonchev–Trinajstić information content (AvgIpc) is 2.92. The van der Waals surface area contributed by atoms with Gasteiger partial charge in [0.2, 0.25) is 0 Å². The highest BCUT2D eigenvalue weighted by Crippen LogP contribution is 2.27. The Morgan fingerprint density at radius 3 is 2.68 bits per heavy atom. The van der Waals surface area contributed by atoms with Crippen LogP contribution < -0.4 is 15.0 Å². The molecular formula is C14H20ClN2O2+. The number of benzene rings is 1. The van der Waals surface area contributed by atoms with Crippen LogP contribution in [-0.2, 0) is 4.79 Å². The van der Waals surface area contributed by atoms with E-state index in [1.54, 1.807) is 25.3 Å². The van der Waals surface area contributed by atoms with Crippen LogP contribution in [0.1, 0.15) is 19.8 Å². The van der Waals surface area contributed by atoms with Crippen molar-refractivity contribution in [1.82, 2.24) is 0 Å². The number of amides is 1. The predicted octanol–water partition coefficient (Wildman–Crippen LogP) is 1.35. The molecule has 1 aliphatic heterocycles. The molecule has 1 aliphatic rings. The fourth-order valence-corrected chi connectivity index (χ4v) is 2.70. The standard InChI is InChI=1S/C14H19ClN2O2/c1-10(17-7-3-4-8-17)14(18)16-11-5-6-13(19-2)12(15)9-11/h5-6,9-10H,3-4,7-8H2,1-2H3,(H,16,18)/p+1/t10-/m1/s1. The van der Waals surface area contributed by atoms with Gasteiger partial charge in [-0.25, -0.2) is 0 Å². The third-order valence-electron chi connectivity index (χ3n) is 3.67. The highest BCUT2D eigenvalue weighted by atomic mass is 35.5. The van der Waals surface area contributed by atoms with Gasteiger partial charge in [-0.2, -0.15) is 0 Å². The minimum atomic E-state index is -0.0247. The SMILES string of the molecule is COc1ccc(NC(=O)[C@@H](C)[NH+]2CCCC2)cc1Cl. The summed E-state index contributed by atoms with van der Waals surface area (Å²) in [5.74, 6) is 0.649. The van der Waals surface area contributed by atoms with E-state index in [9.17, 15) is 4.79 Å². The average molecular weight is 284 g/mol. The molecule has 2 N–H and O–H groups in total. The molecule has 19 heavy (non-hydrogen) atoms. The van der Waals surface area contributed by atoms with Crippen LogP contribution in [0.2, 0.25) is 5.02 Å². The number of carbonyl (C=O) groups excluding carboxylic acids is 1. The smallest absolute Gasteiger partial charge is 0.282 e. The Morgan fingerprint density at radius 2 is 2.11 bits per heavy atom. The molecule has 1 aromatic rings. The number of quaternary nitrogens is 1. The minimum Gasteiger partial charge on any atom is -0.495 e. The van der Waals surface area contributed by atoms with Crippen molar-refractivity contribution in [3.63, 3.8) is 0 Å². The Hall–Kier alpha value is -1.26. The van der Waals surface area contributed by atoms with Crippen molar-refractivity contribution in [2.45, 2.75) is 25.8 Å². The Kier molecular flexibility index (Phi) is 4.66. The molecule has 1 saturated heterocycles. The maximum Gasteiger partial charge on any atom is 0.282 e. The van der Waals surface area contributed by atoms with Crippen LogP contribution in [0.15, 0.2) is 18.2 Å². The van der Waals surface area contributed by atoms with E-state index in [1.165, 1.54) is 17.7 Å². The zero-order valence-corrected chi connectivity index (χ0v) is 12.1. The van der Waals surface area contributed by atoms with Crippen LogP contribution in [0.4, 0.5) is 5.69 Å².